The van der Waals surface area contributed by atoms with Crippen molar-refractivity contribution < 1.29 is 0 Å². The van der Waals surface area contributed by atoms with Crippen LogP contribution in [-0.2, 0) is 6.54 Å². The Morgan fingerprint density at radius 2 is 1.96 bits per heavy atom. The molecule has 1 atom stereocenters. The van der Waals surface area contributed by atoms with E-state index in [4.69, 9.17) is 23.8 Å². The number of H-pyrrole nitrogens is 1. The molecule has 0 aliphatic heterocycles. The lowest BCUT2D eigenvalue weighted by molar-refractivity contribution is 0.513. The Morgan fingerprint density at radius 3 is 2.64 bits per heavy atom. The van der Waals surface area contributed by atoms with Gasteiger partial charge in [0.1, 0.15) is 6.04 Å². The highest BCUT2D eigenvalue weighted by Gasteiger charge is 2.22. The molecule has 144 valence electrons. The molecule has 0 unspecified atom stereocenters. The minimum atomic E-state index is -0.156. The van der Waals surface area contributed by atoms with E-state index < -0.39 is 0 Å². The number of nitrogens with one attached hydrogen (secondary N) is 1. The zero-order chi connectivity index (χ0) is 19.8. The van der Waals surface area contributed by atoms with Gasteiger partial charge in [0.05, 0.1) is 34.8 Å². The van der Waals surface area contributed by atoms with Gasteiger partial charge in [-0.05, 0) is 38.6 Å². The Morgan fingerprint density at radius 1 is 1.21 bits per heavy atom. The van der Waals surface area contributed by atoms with Crippen LogP contribution in [0.15, 0.2) is 42.7 Å². The second kappa shape index (κ2) is 7.37. The minimum absolute atomic E-state index is 0.156. The molecule has 1 N–H and O–H groups in total. The quantitative estimate of drug-likeness (QED) is 0.496. The topological polar surface area (TPSA) is 69.2 Å². The molecule has 4 rings (SSSR count). The highest BCUT2D eigenvalue weighted by Crippen LogP contribution is 2.26. The number of aromatic nitrogens is 7. The molecule has 3 heterocycles. The molecule has 3 aromatic heterocycles. The Balaban J connectivity index is 1.69. The van der Waals surface area contributed by atoms with Gasteiger partial charge in [0, 0.05) is 6.20 Å². The van der Waals surface area contributed by atoms with Crippen LogP contribution in [0.25, 0.3) is 5.69 Å². The maximum atomic E-state index is 6.32. The van der Waals surface area contributed by atoms with Crippen molar-refractivity contribution in [3.05, 3.63) is 75.3 Å². The van der Waals surface area contributed by atoms with Crippen LogP contribution in [0.4, 0.5) is 0 Å². The fourth-order valence-corrected chi connectivity index (χ4v) is 3.66. The summed E-state index contributed by atoms with van der Waals surface area (Å²) in [5.41, 5.74) is 3.72. The van der Waals surface area contributed by atoms with Crippen LogP contribution in [0.2, 0.25) is 5.02 Å². The van der Waals surface area contributed by atoms with Crippen molar-refractivity contribution in [1.82, 2.24) is 34.3 Å². The normalized spacial score (nSPS) is 12.4. The van der Waals surface area contributed by atoms with E-state index in [2.05, 4.69) is 32.5 Å². The van der Waals surface area contributed by atoms with Gasteiger partial charge in [-0.15, -0.1) is 0 Å². The van der Waals surface area contributed by atoms with E-state index >= 15 is 0 Å². The molecule has 0 fully saturated rings. The first kappa shape index (κ1) is 18.6. The van der Waals surface area contributed by atoms with Crippen molar-refractivity contribution in [1.29, 1.82) is 0 Å². The number of hydrogen-bond donors (Lipinski definition) is 1. The summed E-state index contributed by atoms with van der Waals surface area (Å²) in [5, 5.41) is 17.0. The summed E-state index contributed by atoms with van der Waals surface area (Å²) in [4.78, 5) is 0. The van der Waals surface area contributed by atoms with E-state index in [0.717, 1.165) is 22.9 Å². The number of nitrogens with zero attached hydrogens (tertiary/aromatic N) is 6. The monoisotopic (exact) mass is 413 g/mol. The molecule has 1 aromatic carbocycles. The maximum absolute atomic E-state index is 6.32. The molecule has 0 aliphatic carbocycles. The van der Waals surface area contributed by atoms with Crippen molar-refractivity contribution in [2.24, 2.45) is 0 Å². The average molecular weight is 414 g/mol. The van der Waals surface area contributed by atoms with E-state index in [1.165, 1.54) is 5.56 Å². The summed E-state index contributed by atoms with van der Waals surface area (Å²) in [7, 11) is 0. The van der Waals surface area contributed by atoms with Gasteiger partial charge in [-0.3, -0.25) is 19.0 Å². The van der Waals surface area contributed by atoms with E-state index in [1.54, 1.807) is 6.20 Å². The van der Waals surface area contributed by atoms with E-state index in [1.807, 2.05) is 59.1 Å². The van der Waals surface area contributed by atoms with Gasteiger partial charge >= 0.3 is 0 Å². The number of hydrogen-bond acceptors (Lipinski definition) is 4. The fraction of sp³-hybridized carbons (Fsp3) is 0.263. The van der Waals surface area contributed by atoms with Gasteiger partial charge in [0.15, 0.2) is 10.6 Å². The lowest BCUT2D eigenvalue weighted by atomic mass is 10.2. The zero-order valence-electron chi connectivity index (χ0n) is 15.8. The second-order valence-corrected chi connectivity index (χ2v) is 7.47. The summed E-state index contributed by atoms with van der Waals surface area (Å²) in [6, 6.07) is 10.0. The highest BCUT2D eigenvalue weighted by atomic mass is 35.5. The Hall–Kier alpha value is -2.71. The van der Waals surface area contributed by atoms with E-state index in [-0.39, 0.29) is 6.04 Å². The fourth-order valence-electron chi connectivity index (χ4n) is 3.29. The highest BCUT2D eigenvalue weighted by molar-refractivity contribution is 7.71. The number of benzene rings is 1. The van der Waals surface area contributed by atoms with Crippen LogP contribution in [0.5, 0.6) is 0 Å². The Bertz CT molecular complexity index is 1170. The van der Waals surface area contributed by atoms with Crippen molar-refractivity contribution in [3.63, 3.8) is 0 Å². The molecule has 4 aromatic rings. The van der Waals surface area contributed by atoms with Crippen molar-refractivity contribution in [3.8, 4) is 5.69 Å². The lowest BCUT2D eigenvalue weighted by Gasteiger charge is -2.14. The summed E-state index contributed by atoms with van der Waals surface area (Å²) in [5.74, 6) is 0.742. The van der Waals surface area contributed by atoms with Gasteiger partial charge in [-0.2, -0.15) is 15.3 Å². The van der Waals surface area contributed by atoms with Crippen LogP contribution in [0.1, 0.15) is 35.7 Å². The summed E-state index contributed by atoms with van der Waals surface area (Å²) < 4.78 is 6.15. The van der Waals surface area contributed by atoms with E-state index in [0.29, 0.717) is 16.3 Å². The molecule has 0 aliphatic rings. The van der Waals surface area contributed by atoms with Gasteiger partial charge in [0.25, 0.3) is 0 Å². The standard InChI is InChI=1S/C19H20ClN7S/c1-12-17(20)13(2)27(24-12)14(3)18-22-23-19(28)26(18)16-9-21-25(11-16)10-15-7-5-4-6-8-15/h4-9,11,14H,10H2,1-3H3,(H,23,28)/t14-/m0/s1. The molecule has 28 heavy (non-hydrogen) atoms. The van der Waals surface area contributed by atoms with Gasteiger partial charge < -0.3 is 0 Å². The Labute approximate surface area is 172 Å². The molecule has 0 radical (unpaired) electrons. The molecule has 0 bridgehead atoms. The first-order chi connectivity index (χ1) is 13.5. The maximum Gasteiger partial charge on any atom is 0.200 e. The second-order valence-electron chi connectivity index (χ2n) is 6.71. The third-order valence-electron chi connectivity index (χ3n) is 4.74. The van der Waals surface area contributed by atoms with Crippen LogP contribution in [0, 0.1) is 18.6 Å². The molecule has 9 heteroatoms. The molecule has 7 nitrogen and oxygen atoms in total. The van der Waals surface area contributed by atoms with Gasteiger partial charge in [-0.1, -0.05) is 41.9 Å². The predicted molar refractivity (Wildman–Crippen MR) is 111 cm³/mol. The van der Waals surface area contributed by atoms with Crippen LogP contribution >= 0.6 is 23.8 Å². The summed E-state index contributed by atoms with van der Waals surface area (Å²) >= 11 is 11.8. The number of aryl methyl sites for hydroxylation is 1. The SMILES string of the molecule is Cc1nn([C@@H](C)c2n[nH]c(=S)n2-c2cnn(Cc3ccccc3)c2)c(C)c1Cl. The van der Waals surface area contributed by atoms with Crippen molar-refractivity contribution in [2.45, 2.75) is 33.4 Å². The third-order valence-corrected chi connectivity index (χ3v) is 5.56. The largest absolute Gasteiger partial charge is 0.267 e. The first-order valence-corrected chi connectivity index (χ1v) is 9.69. The molecule has 0 amide bonds. The lowest BCUT2D eigenvalue weighted by Crippen LogP contribution is -2.15. The van der Waals surface area contributed by atoms with Crippen molar-refractivity contribution >= 4 is 23.8 Å². The number of rotatable bonds is 5. The van der Waals surface area contributed by atoms with Gasteiger partial charge in [0.2, 0.25) is 0 Å². The smallest absolute Gasteiger partial charge is 0.200 e. The van der Waals surface area contributed by atoms with Gasteiger partial charge in [-0.25, -0.2) is 0 Å². The van der Waals surface area contributed by atoms with Crippen molar-refractivity contribution in [2.75, 3.05) is 0 Å². The average Bonchev–Trinajstić information content (AvgIpc) is 3.37. The molecule has 0 saturated heterocycles. The minimum Gasteiger partial charge on any atom is -0.267 e. The number of aromatic amines is 1. The number of halogens is 1. The summed E-state index contributed by atoms with van der Waals surface area (Å²) in [6.07, 6.45) is 3.75. The first-order valence-electron chi connectivity index (χ1n) is 8.91. The van der Waals surface area contributed by atoms with Crippen LogP contribution in [0.3, 0.4) is 0 Å². The molecular weight excluding hydrogens is 394 g/mol. The van der Waals surface area contributed by atoms with Crippen LogP contribution < -0.4 is 0 Å². The Kier molecular flexibility index (Phi) is 4.91. The van der Waals surface area contributed by atoms with E-state index in [9.17, 15) is 0 Å². The molecular formula is C19H20ClN7S. The zero-order valence-corrected chi connectivity index (χ0v) is 17.4. The third kappa shape index (κ3) is 3.29. The van der Waals surface area contributed by atoms with Crippen LogP contribution in [-0.4, -0.2) is 34.3 Å². The molecule has 0 saturated carbocycles. The summed E-state index contributed by atoms with van der Waals surface area (Å²) in [6.45, 7) is 6.54. The predicted octanol–water partition coefficient (Wildman–Crippen LogP) is 4.25. The molecule has 0 spiro atoms.